The summed E-state index contributed by atoms with van der Waals surface area (Å²) >= 11 is 1.41. The van der Waals surface area contributed by atoms with Crippen molar-refractivity contribution in [3.05, 3.63) is 47.1 Å². The Hall–Kier alpha value is -1.79. The molecule has 0 amide bonds. The van der Waals surface area contributed by atoms with Crippen molar-refractivity contribution in [1.82, 2.24) is 14.8 Å². The third kappa shape index (κ3) is 2.44. The fourth-order valence-corrected chi connectivity index (χ4v) is 3.25. The third-order valence-electron chi connectivity index (χ3n) is 3.20. The molecule has 0 radical (unpaired) electrons. The summed E-state index contributed by atoms with van der Waals surface area (Å²) in [4.78, 5) is 4.97. The minimum atomic E-state index is -0.648. The van der Waals surface area contributed by atoms with E-state index in [4.69, 9.17) is 0 Å². The highest BCUT2D eigenvalue weighted by molar-refractivity contribution is 7.19. The summed E-state index contributed by atoms with van der Waals surface area (Å²) in [6.07, 6.45) is 1.25. The summed E-state index contributed by atoms with van der Waals surface area (Å²) in [5.41, 5.74) is 0. The van der Waals surface area contributed by atoms with Crippen molar-refractivity contribution in [2.24, 2.45) is 0 Å². The van der Waals surface area contributed by atoms with Gasteiger partial charge in [0.15, 0.2) is 0 Å². The van der Waals surface area contributed by atoms with Crippen molar-refractivity contribution >= 4 is 21.4 Å². The number of aromatic nitrogens is 3. The Morgan fingerprint density at radius 3 is 3.05 bits per heavy atom. The molecular formula is C14H14FN3OS. The fraction of sp³-hybridized carbons (Fsp3) is 0.286. The predicted molar refractivity (Wildman–Crippen MR) is 76.1 cm³/mol. The number of aliphatic hydroxyl groups excluding tert-OH is 1. The van der Waals surface area contributed by atoms with Crippen LogP contribution in [0.25, 0.3) is 10.1 Å². The fourth-order valence-electron chi connectivity index (χ4n) is 2.17. The SMILES string of the molecule is CCn1ncnc1CC(O)c1cc2ccc(F)cc2s1. The van der Waals surface area contributed by atoms with Crippen LogP contribution in [-0.2, 0) is 13.0 Å². The van der Waals surface area contributed by atoms with Crippen LogP contribution in [0.4, 0.5) is 4.39 Å². The Labute approximate surface area is 119 Å². The number of aryl methyl sites for hydroxylation is 1. The molecule has 0 aliphatic carbocycles. The first-order valence-electron chi connectivity index (χ1n) is 6.41. The van der Waals surface area contributed by atoms with Crippen molar-refractivity contribution in [3.63, 3.8) is 0 Å². The highest BCUT2D eigenvalue weighted by Gasteiger charge is 2.15. The monoisotopic (exact) mass is 291 g/mol. The van der Waals surface area contributed by atoms with Gasteiger partial charge in [0.2, 0.25) is 0 Å². The van der Waals surface area contributed by atoms with Crippen molar-refractivity contribution in [3.8, 4) is 0 Å². The molecule has 1 atom stereocenters. The maximum Gasteiger partial charge on any atom is 0.138 e. The Kier molecular flexibility index (Phi) is 3.50. The third-order valence-corrected chi connectivity index (χ3v) is 4.40. The number of nitrogens with zero attached hydrogens (tertiary/aromatic N) is 3. The summed E-state index contributed by atoms with van der Waals surface area (Å²) in [5, 5.41) is 15.3. The molecule has 104 valence electrons. The maximum atomic E-state index is 13.2. The topological polar surface area (TPSA) is 50.9 Å². The Balaban J connectivity index is 1.86. The van der Waals surface area contributed by atoms with Gasteiger partial charge in [0.05, 0.1) is 6.10 Å². The molecule has 0 aliphatic rings. The molecule has 6 heteroatoms. The molecule has 3 aromatic rings. The molecule has 0 saturated heterocycles. The highest BCUT2D eigenvalue weighted by atomic mass is 32.1. The second-order valence-electron chi connectivity index (χ2n) is 4.54. The highest BCUT2D eigenvalue weighted by Crippen LogP contribution is 2.31. The van der Waals surface area contributed by atoms with Gasteiger partial charge in [-0.2, -0.15) is 5.10 Å². The molecule has 2 heterocycles. The number of fused-ring (bicyclic) bond motifs is 1. The first kappa shape index (κ1) is 13.2. The number of benzene rings is 1. The van der Waals surface area contributed by atoms with Gasteiger partial charge in [-0.25, -0.2) is 9.37 Å². The van der Waals surface area contributed by atoms with Crippen LogP contribution in [0.5, 0.6) is 0 Å². The van der Waals surface area contributed by atoms with Crippen molar-refractivity contribution < 1.29 is 9.50 Å². The lowest BCUT2D eigenvalue weighted by molar-refractivity contribution is 0.178. The zero-order valence-electron chi connectivity index (χ0n) is 11.0. The lowest BCUT2D eigenvalue weighted by Crippen LogP contribution is -2.08. The smallest absolute Gasteiger partial charge is 0.138 e. The van der Waals surface area contributed by atoms with Crippen molar-refractivity contribution in [2.45, 2.75) is 26.0 Å². The summed E-state index contributed by atoms with van der Waals surface area (Å²) in [6, 6.07) is 6.55. The predicted octanol–water partition coefficient (Wildman–Crippen LogP) is 2.93. The molecule has 1 aromatic carbocycles. The van der Waals surface area contributed by atoms with Crippen LogP contribution in [0, 0.1) is 5.82 Å². The van der Waals surface area contributed by atoms with Gasteiger partial charge in [-0.3, -0.25) is 4.68 Å². The molecule has 20 heavy (non-hydrogen) atoms. The number of aliphatic hydroxyl groups is 1. The zero-order valence-corrected chi connectivity index (χ0v) is 11.8. The van der Waals surface area contributed by atoms with Gasteiger partial charge in [0.25, 0.3) is 0 Å². The van der Waals surface area contributed by atoms with E-state index >= 15 is 0 Å². The van der Waals surface area contributed by atoms with E-state index in [0.717, 1.165) is 27.3 Å². The van der Waals surface area contributed by atoms with Gasteiger partial charge in [-0.05, 0) is 30.5 Å². The lowest BCUT2D eigenvalue weighted by atomic mass is 10.2. The average Bonchev–Trinajstić information content (AvgIpc) is 3.04. The van der Waals surface area contributed by atoms with Crippen LogP contribution in [-0.4, -0.2) is 19.9 Å². The van der Waals surface area contributed by atoms with E-state index < -0.39 is 6.10 Å². The minimum absolute atomic E-state index is 0.258. The molecule has 0 fully saturated rings. The van der Waals surface area contributed by atoms with Crippen LogP contribution < -0.4 is 0 Å². The summed E-state index contributed by atoms with van der Waals surface area (Å²) in [5.74, 6) is 0.495. The lowest BCUT2D eigenvalue weighted by Gasteiger charge is -2.08. The van der Waals surface area contributed by atoms with Crippen molar-refractivity contribution in [2.75, 3.05) is 0 Å². The van der Waals surface area contributed by atoms with Gasteiger partial charge in [-0.1, -0.05) is 6.07 Å². The van der Waals surface area contributed by atoms with Crippen LogP contribution in [0.3, 0.4) is 0 Å². The summed E-state index contributed by atoms with van der Waals surface area (Å²) < 4.78 is 15.8. The second kappa shape index (κ2) is 5.30. The van der Waals surface area contributed by atoms with Gasteiger partial charge in [0, 0.05) is 22.5 Å². The number of rotatable bonds is 4. The van der Waals surface area contributed by atoms with E-state index in [-0.39, 0.29) is 5.82 Å². The maximum absolute atomic E-state index is 13.2. The van der Waals surface area contributed by atoms with E-state index in [1.54, 1.807) is 10.7 Å². The quantitative estimate of drug-likeness (QED) is 0.804. The van der Waals surface area contributed by atoms with E-state index in [1.165, 1.54) is 29.8 Å². The van der Waals surface area contributed by atoms with E-state index in [2.05, 4.69) is 10.1 Å². The van der Waals surface area contributed by atoms with E-state index in [9.17, 15) is 9.50 Å². The number of halogens is 1. The molecule has 0 spiro atoms. The van der Waals surface area contributed by atoms with Crippen LogP contribution in [0.2, 0.25) is 0 Å². The van der Waals surface area contributed by atoms with E-state index in [0.29, 0.717) is 6.42 Å². The summed E-state index contributed by atoms with van der Waals surface area (Å²) in [7, 11) is 0. The van der Waals surface area contributed by atoms with Crippen LogP contribution in [0.15, 0.2) is 30.6 Å². The molecule has 1 N–H and O–H groups in total. The van der Waals surface area contributed by atoms with Crippen molar-refractivity contribution in [1.29, 1.82) is 0 Å². The van der Waals surface area contributed by atoms with Crippen LogP contribution >= 0.6 is 11.3 Å². The normalized spacial score (nSPS) is 12.9. The number of hydrogen-bond donors (Lipinski definition) is 1. The van der Waals surface area contributed by atoms with Gasteiger partial charge < -0.3 is 5.11 Å². The molecular weight excluding hydrogens is 277 g/mol. The standard InChI is InChI=1S/C14H14FN3OS/c1-2-18-14(16-8-17-18)7-11(19)13-5-9-3-4-10(15)6-12(9)20-13/h3-6,8,11,19H,2,7H2,1H3. The minimum Gasteiger partial charge on any atom is -0.387 e. The van der Waals surface area contributed by atoms with Gasteiger partial charge in [0.1, 0.15) is 18.0 Å². The number of thiophene rings is 1. The summed E-state index contributed by atoms with van der Waals surface area (Å²) in [6.45, 7) is 2.70. The first-order chi connectivity index (χ1) is 9.67. The molecule has 0 aliphatic heterocycles. The molecule has 0 bridgehead atoms. The number of hydrogen-bond acceptors (Lipinski definition) is 4. The van der Waals surface area contributed by atoms with Gasteiger partial charge >= 0.3 is 0 Å². The molecule has 2 aromatic heterocycles. The largest absolute Gasteiger partial charge is 0.387 e. The molecule has 4 nitrogen and oxygen atoms in total. The Morgan fingerprint density at radius 1 is 1.40 bits per heavy atom. The molecule has 1 unspecified atom stereocenters. The Morgan fingerprint density at radius 2 is 2.25 bits per heavy atom. The second-order valence-corrected chi connectivity index (χ2v) is 5.66. The van der Waals surface area contributed by atoms with Gasteiger partial charge in [-0.15, -0.1) is 11.3 Å². The van der Waals surface area contributed by atoms with E-state index in [1.807, 2.05) is 13.0 Å². The molecule has 0 saturated carbocycles. The average molecular weight is 291 g/mol. The zero-order chi connectivity index (χ0) is 14.1. The van der Waals surface area contributed by atoms with Crippen LogP contribution in [0.1, 0.15) is 23.7 Å². The molecule has 3 rings (SSSR count). The first-order valence-corrected chi connectivity index (χ1v) is 7.22. The Bertz CT molecular complexity index is 737.